The molecule has 1 aliphatic rings. The highest BCUT2D eigenvalue weighted by atomic mass is 79.9. The van der Waals surface area contributed by atoms with Crippen LogP contribution in [0.15, 0.2) is 6.07 Å². The molecule has 0 amide bonds. The van der Waals surface area contributed by atoms with Gasteiger partial charge in [0.15, 0.2) is 0 Å². The number of rotatable bonds is 5. The van der Waals surface area contributed by atoms with Crippen molar-refractivity contribution in [1.29, 1.82) is 0 Å². The second-order valence-corrected chi connectivity index (χ2v) is 7.79. The number of ether oxygens (including phenoxy) is 1. The van der Waals surface area contributed by atoms with E-state index in [2.05, 4.69) is 15.9 Å². The third-order valence-corrected chi connectivity index (χ3v) is 5.54. The van der Waals surface area contributed by atoms with Crippen molar-refractivity contribution in [3.8, 4) is 0 Å². The zero-order valence-electron chi connectivity index (χ0n) is 9.59. The van der Waals surface area contributed by atoms with E-state index in [4.69, 9.17) is 27.9 Å². The lowest BCUT2D eigenvalue weighted by molar-refractivity contribution is -0.0264. The highest BCUT2D eigenvalue weighted by Crippen LogP contribution is 2.44. The van der Waals surface area contributed by atoms with Gasteiger partial charge >= 0.3 is 0 Å². The van der Waals surface area contributed by atoms with E-state index < -0.39 is 0 Å². The van der Waals surface area contributed by atoms with Crippen LogP contribution in [0.3, 0.4) is 0 Å². The van der Waals surface area contributed by atoms with E-state index in [1.807, 2.05) is 13.0 Å². The molecule has 1 aromatic heterocycles. The van der Waals surface area contributed by atoms with Gasteiger partial charge in [0, 0.05) is 11.4 Å². The summed E-state index contributed by atoms with van der Waals surface area (Å²) < 4.78 is 7.13. The highest BCUT2D eigenvalue weighted by Gasteiger charge is 2.31. The van der Waals surface area contributed by atoms with Crippen LogP contribution >= 0.6 is 50.5 Å². The Morgan fingerprint density at radius 1 is 1.53 bits per heavy atom. The first-order chi connectivity index (χ1) is 8.10. The van der Waals surface area contributed by atoms with Gasteiger partial charge in [0.2, 0.25) is 0 Å². The predicted molar refractivity (Wildman–Crippen MR) is 78.8 cm³/mol. The summed E-state index contributed by atoms with van der Waals surface area (Å²) in [4.78, 5) is 0.311. The average Bonchev–Trinajstić information content (AvgIpc) is 2.54. The minimum Gasteiger partial charge on any atom is -0.378 e. The molecule has 1 heterocycles. The highest BCUT2D eigenvalue weighted by molar-refractivity contribution is 9.09. The molecular weight excluding hydrogens is 343 g/mol. The van der Waals surface area contributed by atoms with Gasteiger partial charge in [-0.25, -0.2) is 0 Å². The van der Waals surface area contributed by atoms with Crippen molar-refractivity contribution < 1.29 is 4.74 Å². The molecule has 0 bridgehead atoms. The molecular formula is C12H15BrCl2OS. The lowest BCUT2D eigenvalue weighted by Gasteiger charge is -2.36. The maximum Gasteiger partial charge on any atom is 0.0987 e. The molecule has 0 aromatic carbocycles. The van der Waals surface area contributed by atoms with Gasteiger partial charge < -0.3 is 4.74 Å². The summed E-state index contributed by atoms with van der Waals surface area (Å²) in [6.07, 6.45) is 3.93. The lowest BCUT2D eigenvalue weighted by atomic mass is 9.79. The molecule has 1 aromatic rings. The SMILES string of the molecule is CCOC1CC(CC(Br)c2cc(Cl)sc2Cl)C1. The predicted octanol–water partition coefficient (Wildman–Crippen LogP) is 5.70. The first-order valence-corrected chi connectivity index (χ1v) is 8.29. The third-order valence-electron chi connectivity index (χ3n) is 3.16. The number of halogens is 3. The maximum atomic E-state index is 6.14. The van der Waals surface area contributed by atoms with Gasteiger partial charge in [-0.05, 0) is 43.7 Å². The van der Waals surface area contributed by atoms with Crippen molar-refractivity contribution in [1.82, 2.24) is 0 Å². The monoisotopic (exact) mass is 356 g/mol. The summed E-state index contributed by atoms with van der Waals surface area (Å²) >= 11 is 17.2. The quantitative estimate of drug-likeness (QED) is 0.614. The van der Waals surface area contributed by atoms with Gasteiger partial charge in [-0.2, -0.15) is 0 Å². The summed E-state index contributed by atoms with van der Waals surface area (Å²) in [5.41, 5.74) is 1.13. The van der Waals surface area contributed by atoms with Gasteiger partial charge in [-0.1, -0.05) is 39.1 Å². The summed E-state index contributed by atoms with van der Waals surface area (Å²) in [6.45, 7) is 2.87. The van der Waals surface area contributed by atoms with Crippen LogP contribution in [-0.4, -0.2) is 12.7 Å². The van der Waals surface area contributed by atoms with E-state index in [0.717, 1.165) is 33.2 Å². The summed E-state index contributed by atoms with van der Waals surface area (Å²) in [5.74, 6) is 0.741. The molecule has 0 spiro atoms. The van der Waals surface area contributed by atoms with Crippen molar-refractivity contribution in [2.75, 3.05) is 6.61 Å². The Labute approximate surface area is 125 Å². The van der Waals surface area contributed by atoms with Crippen LogP contribution in [0.2, 0.25) is 8.67 Å². The minimum atomic E-state index is 0.311. The number of thiophene rings is 1. The van der Waals surface area contributed by atoms with Gasteiger partial charge in [-0.3, -0.25) is 0 Å². The second-order valence-electron chi connectivity index (χ2n) is 4.40. The van der Waals surface area contributed by atoms with Crippen molar-refractivity contribution in [2.24, 2.45) is 5.92 Å². The zero-order chi connectivity index (χ0) is 12.4. The summed E-state index contributed by atoms with van der Waals surface area (Å²) in [7, 11) is 0. The van der Waals surface area contributed by atoms with Crippen LogP contribution in [0.1, 0.15) is 36.6 Å². The van der Waals surface area contributed by atoms with Crippen LogP contribution in [0.4, 0.5) is 0 Å². The number of alkyl halides is 1. The zero-order valence-corrected chi connectivity index (χ0v) is 13.5. The first kappa shape index (κ1) is 14.1. The molecule has 1 saturated carbocycles. The molecule has 0 N–H and O–H groups in total. The Bertz CT molecular complexity index is 377. The van der Waals surface area contributed by atoms with Gasteiger partial charge in [0.25, 0.3) is 0 Å². The van der Waals surface area contributed by atoms with Gasteiger partial charge in [0.1, 0.15) is 0 Å². The van der Waals surface area contributed by atoms with Crippen LogP contribution in [0, 0.1) is 5.92 Å². The molecule has 96 valence electrons. The minimum absolute atomic E-state index is 0.311. The summed E-state index contributed by atoms with van der Waals surface area (Å²) in [6, 6.07) is 1.96. The fourth-order valence-corrected chi connectivity index (χ4v) is 4.98. The molecule has 17 heavy (non-hydrogen) atoms. The summed E-state index contributed by atoms with van der Waals surface area (Å²) in [5, 5.41) is 0. The van der Waals surface area contributed by atoms with Crippen LogP contribution in [0.25, 0.3) is 0 Å². The Kier molecular flexibility index (Phi) is 5.19. The Morgan fingerprint density at radius 3 is 2.76 bits per heavy atom. The molecule has 1 atom stereocenters. The van der Waals surface area contributed by atoms with E-state index in [-0.39, 0.29) is 0 Å². The van der Waals surface area contributed by atoms with E-state index in [9.17, 15) is 0 Å². The van der Waals surface area contributed by atoms with Crippen molar-refractivity contribution in [3.63, 3.8) is 0 Å². The topological polar surface area (TPSA) is 9.23 Å². The second kappa shape index (κ2) is 6.25. The van der Waals surface area contributed by atoms with Crippen LogP contribution in [-0.2, 0) is 4.74 Å². The maximum absolute atomic E-state index is 6.14. The Balaban J connectivity index is 1.82. The first-order valence-electron chi connectivity index (χ1n) is 5.80. The smallest absolute Gasteiger partial charge is 0.0987 e. The number of hydrogen-bond donors (Lipinski definition) is 0. The molecule has 1 unspecified atom stereocenters. The molecule has 0 aliphatic heterocycles. The van der Waals surface area contributed by atoms with E-state index in [0.29, 0.717) is 10.9 Å². The van der Waals surface area contributed by atoms with Crippen LogP contribution in [0.5, 0.6) is 0 Å². The third kappa shape index (κ3) is 3.60. The molecule has 0 radical (unpaired) electrons. The molecule has 1 fully saturated rings. The standard InChI is InChI=1S/C12H15BrCl2OS/c1-2-16-8-3-7(4-8)5-10(13)9-6-11(14)17-12(9)15/h6-8,10H,2-5H2,1H3. The van der Waals surface area contributed by atoms with E-state index >= 15 is 0 Å². The van der Waals surface area contributed by atoms with Crippen LogP contribution < -0.4 is 0 Å². The number of hydrogen-bond acceptors (Lipinski definition) is 2. The average molecular weight is 358 g/mol. The fourth-order valence-electron chi connectivity index (χ4n) is 2.22. The normalized spacial score (nSPS) is 25.6. The molecule has 1 aliphatic carbocycles. The Hall–Kier alpha value is 0.720. The molecule has 0 saturated heterocycles. The largest absolute Gasteiger partial charge is 0.378 e. The lowest BCUT2D eigenvalue weighted by Crippen LogP contribution is -2.31. The van der Waals surface area contributed by atoms with E-state index in [1.165, 1.54) is 24.2 Å². The molecule has 2 rings (SSSR count). The Morgan fingerprint density at radius 2 is 2.24 bits per heavy atom. The van der Waals surface area contributed by atoms with Crippen molar-refractivity contribution in [3.05, 3.63) is 20.3 Å². The van der Waals surface area contributed by atoms with E-state index in [1.54, 1.807) is 0 Å². The fraction of sp³-hybridized carbons (Fsp3) is 0.667. The molecule has 5 heteroatoms. The van der Waals surface area contributed by atoms with Gasteiger partial charge in [0.05, 0.1) is 14.8 Å². The van der Waals surface area contributed by atoms with Crippen molar-refractivity contribution >= 4 is 50.5 Å². The van der Waals surface area contributed by atoms with Gasteiger partial charge in [-0.15, -0.1) is 11.3 Å². The molecule has 1 nitrogen and oxygen atoms in total. The van der Waals surface area contributed by atoms with Crippen molar-refractivity contribution in [2.45, 2.75) is 37.1 Å².